The number of rotatable bonds is 6. The lowest BCUT2D eigenvalue weighted by Gasteiger charge is -2.08. The number of nitrogens with zero attached hydrogens (tertiary/aromatic N) is 1. The third-order valence-electron chi connectivity index (χ3n) is 4.38. The van der Waals surface area contributed by atoms with Crippen molar-refractivity contribution in [3.63, 3.8) is 0 Å². The van der Waals surface area contributed by atoms with Crippen LogP contribution in [0.4, 0.5) is 5.69 Å². The van der Waals surface area contributed by atoms with Gasteiger partial charge in [0.05, 0.1) is 0 Å². The molecule has 0 radical (unpaired) electrons. The molecule has 0 aliphatic carbocycles. The number of aryl methyl sites for hydroxylation is 2. The van der Waals surface area contributed by atoms with E-state index in [1.54, 1.807) is 6.07 Å². The Morgan fingerprint density at radius 2 is 1.63 bits per heavy atom. The summed E-state index contributed by atoms with van der Waals surface area (Å²) in [6, 6.07) is 24.7. The van der Waals surface area contributed by atoms with Gasteiger partial charge in [0, 0.05) is 44.3 Å². The standard InChI is InChI=1S/C22H18Cl2N2S/c23-18-13-19(24)15-21(14-18)27-25-20-6-7-22-17(12-20)9-11-26(22)10-8-16-4-2-1-3-5-16/h1-7,9,11-15,25H,8,10H2. The Labute approximate surface area is 173 Å². The van der Waals surface area contributed by atoms with Crippen LogP contribution in [0, 0.1) is 0 Å². The summed E-state index contributed by atoms with van der Waals surface area (Å²) in [5, 5.41) is 2.49. The number of hydrogen-bond acceptors (Lipinski definition) is 2. The van der Waals surface area contributed by atoms with E-state index in [-0.39, 0.29) is 0 Å². The fraction of sp³-hybridized carbons (Fsp3) is 0.0909. The van der Waals surface area contributed by atoms with Gasteiger partial charge in [-0.1, -0.05) is 53.5 Å². The maximum atomic E-state index is 6.06. The Kier molecular flexibility index (Phi) is 5.63. The van der Waals surface area contributed by atoms with Gasteiger partial charge in [-0.2, -0.15) is 0 Å². The summed E-state index contributed by atoms with van der Waals surface area (Å²) < 4.78 is 5.67. The molecule has 0 aliphatic rings. The molecule has 0 bridgehead atoms. The van der Waals surface area contributed by atoms with Crippen molar-refractivity contribution < 1.29 is 0 Å². The number of halogens is 2. The van der Waals surface area contributed by atoms with Gasteiger partial charge in [0.15, 0.2) is 0 Å². The lowest BCUT2D eigenvalue weighted by Crippen LogP contribution is -1.99. The minimum absolute atomic E-state index is 0.637. The highest BCUT2D eigenvalue weighted by Crippen LogP contribution is 2.29. The molecule has 0 aliphatic heterocycles. The van der Waals surface area contributed by atoms with Gasteiger partial charge in [-0.25, -0.2) is 0 Å². The largest absolute Gasteiger partial charge is 0.347 e. The van der Waals surface area contributed by atoms with Crippen molar-refractivity contribution in [3.8, 4) is 0 Å². The number of benzene rings is 3. The molecule has 0 saturated carbocycles. The van der Waals surface area contributed by atoms with Gasteiger partial charge < -0.3 is 9.29 Å². The lowest BCUT2D eigenvalue weighted by molar-refractivity contribution is 0.723. The van der Waals surface area contributed by atoms with Crippen molar-refractivity contribution >= 4 is 51.7 Å². The van der Waals surface area contributed by atoms with Gasteiger partial charge in [-0.05, 0) is 66.4 Å². The first-order valence-corrected chi connectivity index (χ1v) is 10.3. The van der Waals surface area contributed by atoms with E-state index < -0.39 is 0 Å². The normalized spacial score (nSPS) is 11.0. The fourth-order valence-corrected chi connectivity index (χ4v) is 4.45. The molecule has 1 N–H and O–H groups in total. The summed E-state index contributed by atoms with van der Waals surface area (Å²) in [6.45, 7) is 0.968. The van der Waals surface area contributed by atoms with Crippen LogP contribution in [0.2, 0.25) is 10.0 Å². The van der Waals surface area contributed by atoms with Crippen LogP contribution in [0.25, 0.3) is 10.9 Å². The number of fused-ring (bicyclic) bond motifs is 1. The van der Waals surface area contributed by atoms with Gasteiger partial charge in [-0.15, -0.1) is 0 Å². The number of nitrogens with one attached hydrogen (secondary N) is 1. The van der Waals surface area contributed by atoms with Crippen molar-refractivity contribution in [2.75, 3.05) is 4.72 Å². The molecule has 136 valence electrons. The molecule has 1 heterocycles. The van der Waals surface area contributed by atoms with E-state index in [1.807, 2.05) is 12.1 Å². The molecule has 4 rings (SSSR count). The van der Waals surface area contributed by atoms with Crippen LogP contribution in [0.15, 0.2) is 83.9 Å². The zero-order chi connectivity index (χ0) is 18.6. The first-order chi connectivity index (χ1) is 13.2. The molecular weight excluding hydrogens is 395 g/mol. The van der Waals surface area contributed by atoms with Gasteiger partial charge in [0.2, 0.25) is 0 Å². The zero-order valence-corrected chi connectivity index (χ0v) is 16.9. The van der Waals surface area contributed by atoms with Gasteiger partial charge in [0.1, 0.15) is 0 Å². The number of anilines is 1. The molecule has 4 aromatic rings. The molecule has 3 aromatic carbocycles. The van der Waals surface area contributed by atoms with Crippen LogP contribution in [-0.2, 0) is 13.0 Å². The average Bonchev–Trinajstić information content (AvgIpc) is 3.07. The molecule has 0 amide bonds. The van der Waals surface area contributed by atoms with Crippen molar-refractivity contribution in [2.45, 2.75) is 17.9 Å². The van der Waals surface area contributed by atoms with Crippen LogP contribution in [-0.4, -0.2) is 4.57 Å². The molecule has 1 aromatic heterocycles. The SMILES string of the molecule is Clc1cc(Cl)cc(SNc2ccc3c(ccn3CCc3ccccc3)c2)c1. The smallest absolute Gasteiger partial charge is 0.0481 e. The Bertz CT molecular complexity index is 1040. The maximum Gasteiger partial charge on any atom is 0.0481 e. The topological polar surface area (TPSA) is 17.0 Å². The van der Waals surface area contributed by atoms with E-state index in [1.165, 1.54) is 28.4 Å². The van der Waals surface area contributed by atoms with E-state index in [0.717, 1.165) is 23.5 Å². The minimum atomic E-state index is 0.637. The van der Waals surface area contributed by atoms with Crippen LogP contribution in [0.1, 0.15) is 5.56 Å². The van der Waals surface area contributed by atoms with Gasteiger partial charge in [0.25, 0.3) is 0 Å². The Hall–Kier alpha value is -2.07. The Morgan fingerprint density at radius 3 is 2.41 bits per heavy atom. The monoisotopic (exact) mass is 412 g/mol. The van der Waals surface area contributed by atoms with Crippen molar-refractivity contribution in [3.05, 3.63) is 94.6 Å². The third kappa shape index (κ3) is 4.62. The van der Waals surface area contributed by atoms with Gasteiger partial charge >= 0.3 is 0 Å². The molecular formula is C22H18Cl2N2S. The van der Waals surface area contributed by atoms with Crippen LogP contribution < -0.4 is 4.72 Å². The molecule has 0 unspecified atom stereocenters. The van der Waals surface area contributed by atoms with Crippen LogP contribution >= 0.6 is 35.1 Å². The molecule has 2 nitrogen and oxygen atoms in total. The van der Waals surface area contributed by atoms with Gasteiger partial charge in [-0.3, -0.25) is 0 Å². The second-order valence-electron chi connectivity index (χ2n) is 6.33. The summed E-state index contributed by atoms with van der Waals surface area (Å²) >= 11 is 13.6. The molecule has 27 heavy (non-hydrogen) atoms. The highest BCUT2D eigenvalue weighted by molar-refractivity contribution is 8.00. The Morgan fingerprint density at radius 1 is 0.852 bits per heavy atom. The maximum absolute atomic E-state index is 6.06. The quantitative estimate of drug-likeness (QED) is 0.334. The first kappa shape index (κ1) is 18.3. The number of aromatic nitrogens is 1. The average molecular weight is 413 g/mol. The highest BCUT2D eigenvalue weighted by Gasteiger charge is 2.04. The summed E-state index contributed by atoms with van der Waals surface area (Å²) in [4.78, 5) is 0.980. The molecule has 0 fully saturated rings. The van der Waals surface area contributed by atoms with E-state index in [0.29, 0.717) is 10.0 Å². The third-order valence-corrected chi connectivity index (χ3v) is 5.62. The van der Waals surface area contributed by atoms with E-state index >= 15 is 0 Å². The summed E-state index contributed by atoms with van der Waals surface area (Å²) in [7, 11) is 0. The van der Waals surface area contributed by atoms with Crippen LogP contribution in [0.3, 0.4) is 0 Å². The van der Waals surface area contributed by atoms with E-state index in [2.05, 4.69) is 70.1 Å². The minimum Gasteiger partial charge on any atom is -0.347 e. The second-order valence-corrected chi connectivity index (χ2v) is 8.08. The fourth-order valence-electron chi connectivity index (χ4n) is 3.06. The highest BCUT2D eigenvalue weighted by atomic mass is 35.5. The van der Waals surface area contributed by atoms with Crippen molar-refractivity contribution in [1.29, 1.82) is 0 Å². The summed E-state index contributed by atoms with van der Waals surface area (Å²) in [5.74, 6) is 0. The second kappa shape index (κ2) is 8.30. The first-order valence-electron chi connectivity index (χ1n) is 8.69. The lowest BCUT2D eigenvalue weighted by atomic mass is 10.1. The van der Waals surface area contributed by atoms with Crippen molar-refractivity contribution in [2.24, 2.45) is 0 Å². The predicted octanol–water partition coefficient (Wildman–Crippen LogP) is 7.31. The molecule has 5 heteroatoms. The van der Waals surface area contributed by atoms with E-state index in [4.69, 9.17) is 23.2 Å². The van der Waals surface area contributed by atoms with E-state index in [9.17, 15) is 0 Å². The zero-order valence-electron chi connectivity index (χ0n) is 14.5. The molecule has 0 saturated heterocycles. The molecule has 0 atom stereocenters. The van der Waals surface area contributed by atoms with Crippen molar-refractivity contribution in [1.82, 2.24) is 4.57 Å². The Balaban J connectivity index is 1.45. The molecule has 0 spiro atoms. The predicted molar refractivity (Wildman–Crippen MR) is 118 cm³/mol. The number of hydrogen-bond donors (Lipinski definition) is 1. The summed E-state index contributed by atoms with van der Waals surface area (Å²) in [5.41, 5.74) is 3.64. The van der Waals surface area contributed by atoms with Crippen LogP contribution in [0.5, 0.6) is 0 Å². The summed E-state index contributed by atoms with van der Waals surface area (Å²) in [6.07, 6.45) is 3.18.